The Morgan fingerprint density at radius 1 is 1.10 bits per heavy atom. The molecular formula is C20H31N3O5S. The number of nitrogens with one attached hydrogen (secondary N) is 2. The summed E-state index contributed by atoms with van der Waals surface area (Å²) in [5, 5.41) is 5.44. The maximum absolute atomic E-state index is 12.5. The van der Waals surface area contributed by atoms with Crippen molar-refractivity contribution >= 4 is 21.9 Å². The van der Waals surface area contributed by atoms with Crippen molar-refractivity contribution in [3.63, 3.8) is 0 Å². The Labute approximate surface area is 173 Å². The van der Waals surface area contributed by atoms with Crippen LogP contribution < -0.4 is 10.6 Å². The van der Waals surface area contributed by atoms with E-state index in [2.05, 4.69) is 10.6 Å². The zero-order valence-electron chi connectivity index (χ0n) is 17.4. The normalized spacial score (nSPS) is 22.1. The van der Waals surface area contributed by atoms with Gasteiger partial charge in [-0.2, -0.15) is 8.42 Å². The molecule has 0 saturated carbocycles. The maximum Gasteiger partial charge on any atom is 0.266 e. The van der Waals surface area contributed by atoms with E-state index in [1.165, 1.54) is 0 Å². The van der Waals surface area contributed by atoms with Gasteiger partial charge in [-0.3, -0.25) is 14.1 Å². The van der Waals surface area contributed by atoms with Crippen LogP contribution in [0.15, 0.2) is 47.6 Å². The standard InChI is InChI=1S/C20H31N3O5S/c1-15(13-16(2)23(4)11-12-29(26,27)28)14-22-20(25)18-8-6-5-7-17(9-10-18)19(24)21-3/h5-10,15-16H,11-14H2,1-4H3,(H,21,24)(H,22,25)(H,26,27,28)/b6-5-,7-5?,8-6?,10-9-,17-7+,17-9?,18-8+,18-10?. The highest BCUT2D eigenvalue weighted by Gasteiger charge is 2.17. The van der Waals surface area contributed by atoms with Crippen LogP contribution in [0.1, 0.15) is 20.3 Å². The van der Waals surface area contributed by atoms with Crippen LogP contribution in [0.3, 0.4) is 0 Å². The molecule has 0 bridgehead atoms. The van der Waals surface area contributed by atoms with E-state index in [1.54, 1.807) is 50.6 Å². The molecule has 162 valence electrons. The van der Waals surface area contributed by atoms with Gasteiger partial charge in [-0.15, -0.1) is 0 Å². The van der Waals surface area contributed by atoms with Gasteiger partial charge in [0.15, 0.2) is 0 Å². The molecule has 0 fully saturated rings. The van der Waals surface area contributed by atoms with Gasteiger partial charge in [0.05, 0.1) is 5.75 Å². The molecule has 2 atom stereocenters. The van der Waals surface area contributed by atoms with Crippen molar-refractivity contribution in [2.75, 3.05) is 32.9 Å². The lowest BCUT2D eigenvalue weighted by Gasteiger charge is -2.26. The molecule has 1 aliphatic rings. The molecule has 0 aromatic heterocycles. The Hall–Kier alpha value is -2.23. The van der Waals surface area contributed by atoms with E-state index in [9.17, 15) is 18.0 Å². The van der Waals surface area contributed by atoms with Crippen LogP contribution in [0, 0.1) is 5.92 Å². The fourth-order valence-electron chi connectivity index (χ4n) is 2.75. The molecular weight excluding hydrogens is 394 g/mol. The van der Waals surface area contributed by atoms with E-state index >= 15 is 0 Å². The summed E-state index contributed by atoms with van der Waals surface area (Å²) >= 11 is 0. The molecule has 9 heteroatoms. The van der Waals surface area contributed by atoms with Crippen LogP contribution in [0.4, 0.5) is 0 Å². The Morgan fingerprint density at radius 2 is 1.66 bits per heavy atom. The quantitative estimate of drug-likeness (QED) is 0.451. The molecule has 0 saturated heterocycles. The number of hydrogen-bond acceptors (Lipinski definition) is 5. The second kappa shape index (κ2) is 11.7. The smallest absolute Gasteiger partial charge is 0.266 e. The molecule has 0 aromatic rings. The highest BCUT2D eigenvalue weighted by atomic mass is 32.2. The first-order valence-corrected chi connectivity index (χ1v) is 11.1. The fraction of sp³-hybridized carbons (Fsp3) is 0.500. The predicted octanol–water partition coefficient (Wildman–Crippen LogP) is 1.06. The first-order valence-electron chi connectivity index (χ1n) is 9.46. The lowest BCUT2D eigenvalue weighted by Crippen LogP contribution is -2.36. The lowest BCUT2D eigenvalue weighted by molar-refractivity contribution is -0.118. The summed E-state index contributed by atoms with van der Waals surface area (Å²) in [5.74, 6) is -0.604. The first-order chi connectivity index (χ1) is 13.5. The monoisotopic (exact) mass is 425 g/mol. The maximum atomic E-state index is 12.5. The van der Waals surface area contributed by atoms with Gasteiger partial charge in [0, 0.05) is 37.3 Å². The first kappa shape index (κ1) is 24.8. The number of rotatable bonds is 10. The second-order valence-corrected chi connectivity index (χ2v) is 8.78. The molecule has 0 radical (unpaired) electrons. The number of amides is 2. The SMILES string of the molecule is CNC(=O)C1=C/C=C\C=C(C(=O)NCC(C)CC(C)N(C)CCS(=O)(=O)O)/C=C\1. The van der Waals surface area contributed by atoms with Gasteiger partial charge in [0.2, 0.25) is 0 Å². The molecule has 2 unspecified atom stereocenters. The third kappa shape index (κ3) is 9.69. The van der Waals surface area contributed by atoms with Crippen molar-refractivity contribution in [3.05, 3.63) is 47.6 Å². The van der Waals surface area contributed by atoms with Gasteiger partial charge in [0.25, 0.3) is 21.9 Å². The summed E-state index contributed by atoms with van der Waals surface area (Å²) in [4.78, 5) is 26.1. The van der Waals surface area contributed by atoms with Crippen LogP contribution in [-0.2, 0) is 19.7 Å². The molecule has 29 heavy (non-hydrogen) atoms. The summed E-state index contributed by atoms with van der Waals surface area (Å²) in [6.07, 6.45) is 10.7. The third-order valence-corrected chi connectivity index (χ3v) is 5.36. The van der Waals surface area contributed by atoms with Crippen molar-refractivity contribution < 1.29 is 22.6 Å². The molecule has 2 amide bonds. The van der Waals surface area contributed by atoms with E-state index in [4.69, 9.17) is 4.55 Å². The van der Waals surface area contributed by atoms with Crippen molar-refractivity contribution in [2.24, 2.45) is 5.92 Å². The minimum absolute atomic E-state index is 0.0901. The minimum atomic E-state index is -3.98. The Morgan fingerprint density at radius 3 is 2.17 bits per heavy atom. The Balaban J connectivity index is 2.53. The Kier molecular flexibility index (Phi) is 10.0. The van der Waals surface area contributed by atoms with E-state index in [0.29, 0.717) is 17.7 Å². The lowest BCUT2D eigenvalue weighted by atomic mass is 10.0. The average molecular weight is 426 g/mol. The van der Waals surface area contributed by atoms with Gasteiger partial charge >= 0.3 is 0 Å². The van der Waals surface area contributed by atoms with Gasteiger partial charge < -0.3 is 15.5 Å². The summed E-state index contributed by atoms with van der Waals surface area (Å²) in [6.45, 7) is 4.68. The molecule has 0 aliphatic heterocycles. The number of nitrogens with zero attached hydrogens (tertiary/aromatic N) is 1. The van der Waals surface area contributed by atoms with E-state index in [1.807, 2.05) is 18.7 Å². The molecule has 1 aliphatic carbocycles. The van der Waals surface area contributed by atoms with Crippen LogP contribution in [0.5, 0.6) is 0 Å². The largest absolute Gasteiger partial charge is 0.355 e. The van der Waals surface area contributed by atoms with Crippen LogP contribution >= 0.6 is 0 Å². The van der Waals surface area contributed by atoms with Crippen LogP contribution in [-0.4, -0.2) is 68.7 Å². The summed E-state index contributed by atoms with van der Waals surface area (Å²) in [5.41, 5.74) is 0.901. The number of carbonyl (C=O) groups excluding carboxylic acids is 2. The van der Waals surface area contributed by atoms with E-state index in [-0.39, 0.29) is 36.1 Å². The number of likely N-dealkylation sites (N-methyl/N-ethyl adjacent to an activating group) is 1. The van der Waals surface area contributed by atoms with Crippen molar-refractivity contribution in [2.45, 2.75) is 26.3 Å². The highest BCUT2D eigenvalue weighted by Crippen LogP contribution is 2.11. The summed E-state index contributed by atoms with van der Waals surface area (Å²) < 4.78 is 30.6. The summed E-state index contributed by atoms with van der Waals surface area (Å²) in [6, 6.07) is 0.0901. The molecule has 1 rings (SSSR count). The highest BCUT2D eigenvalue weighted by molar-refractivity contribution is 7.85. The van der Waals surface area contributed by atoms with Gasteiger partial charge in [-0.25, -0.2) is 0 Å². The van der Waals surface area contributed by atoms with Crippen molar-refractivity contribution in [3.8, 4) is 0 Å². The molecule has 3 N–H and O–H groups in total. The van der Waals surface area contributed by atoms with Gasteiger partial charge in [-0.1, -0.05) is 19.1 Å². The fourth-order valence-corrected chi connectivity index (χ4v) is 3.27. The van der Waals surface area contributed by atoms with Crippen LogP contribution in [0.2, 0.25) is 0 Å². The Bertz CT molecular complexity index is 812. The zero-order valence-corrected chi connectivity index (χ0v) is 18.2. The average Bonchev–Trinajstić information content (AvgIpc) is 2.63. The second-order valence-electron chi connectivity index (χ2n) is 7.21. The van der Waals surface area contributed by atoms with Gasteiger partial charge in [0.1, 0.15) is 0 Å². The topological polar surface area (TPSA) is 116 Å². The molecule has 0 heterocycles. The molecule has 0 aromatic carbocycles. The minimum Gasteiger partial charge on any atom is -0.355 e. The number of hydrogen-bond donors (Lipinski definition) is 3. The van der Waals surface area contributed by atoms with E-state index in [0.717, 1.165) is 6.42 Å². The third-order valence-electron chi connectivity index (χ3n) is 4.67. The van der Waals surface area contributed by atoms with Crippen molar-refractivity contribution in [1.82, 2.24) is 15.5 Å². The zero-order chi connectivity index (χ0) is 22.0. The number of allylic oxidation sites excluding steroid dienone is 4. The number of carbonyl (C=O) groups is 2. The van der Waals surface area contributed by atoms with E-state index < -0.39 is 10.1 Å². The summed E-state index contributed by atoms with van der Waals surface area (Å²) in [7, 11) is -0.630. The molecule has 8 nitrogen and oxygen atoms in total. The van der Waals surface area contributed by atoms with Crippen LogP contribution in [0.25, 0.3) is 0 Å². The van der Waals surface area contributed by atoms with Gasteiger partial charge in [-0.05, 0) is 50.6 Å². The van der Waals surface area contributed by atoms with Crippen molar-refractivity contribution in [1.29, 1.82) is 0 Å². The molecule has 0 spiro atoms. The predicted molar refractivity (Wildman–Crippen MR) is 114 cm³/mol.